The fraction of sp³-hybridized carbons (Fsp3) is 0.400. The lowest BCUT2D eigenvalue weighted by Gasteiger charge is -2.09. The van der Waals surface area contributed by atoms with Crippen LogP contribution in [-0.4, -0.2) is 47.1 Å². The van der Waals surface area contributed by atoms with Crippen LogP contribution in [0.2, 0.25) is 0 Å². The van der Waals surface area contributed by atoms with Crippen molar-refractivity contribution in [3.05, 3.63) is 34.4 Å². The van der Waals surface area contributed by atoms with Crippen molar-refractivity contribution in [2.24, 2.45) is 4.99 Å². The minimum absolute atomic E-state index is 0.0818. The van der Waals surface area contributed by atoms with E-state index in [4.69, 9.17) is 14.2 Å². The lowest BCUT2D eigenvalue weighted by molar-refractivity contribution is -0.143. The number of aromatic nitrogens is 3. The first-order chi connectivity index (χ1) is 14.4. The highest BCUT2D eigenvalue weighted by atomic mass is 32.1. The number of nitrogens with zero attached hydrogens (tertiary/aromatic N) is 4. The number of benzene rings is 1. The predicted molar refractivity (Wildman–Crippen MR) is 112 cm³/mol. The van der Waals surface area contributed by atoms with E-state index in [1.54, 1.807) is 41.5 Å². The maximum atomic E-state index is 12.9. The van der Waals surface area contributed by atoms with E-state index >= 15 is 0 Å². The Kier molecular flexibility index (Phi) is 6.56. The first-order valence-electron chi connectivity index (χ1n) is 9.46. The van der Waals surface area contributed by atoms with Gasteiger partial charge in [0, 0.05) is 18.7 Å². The first kappa shape index (κ1) is 21.6. The molecule has 0 unspecified atom stereocenters. The van der Waals surface area contributed by atoms with E-state index < -0.39 is 11.9 Å². The van der Waals surface area contributed by atoms with Crippen molar-refractivity contribution < 1.29 is 23.8 Å². The zero-order valence-corrected chi connectivity index (χ0v) is 18.4. The number of methoxy groups -OCH3 is 2. The monoisotopic (exact) mass is 432 g/mol. The highest BCUT2D eigenvalue weighted by Crippen LogP contribution is 2.33. The highest BCUT2D eigenvalue weighted by Gasteiger charge is 2.18. The van der Waals surface area contributed by atoms with Crippen LogP contribution < -0.4 is 14.3 Å². The van der Waals surface area contributed by atoms with Gasteiger partial charge < -0.3 is 18.8 Å². The Bertz CT molecular complexity index is 1160. The van der Waals surface area contributed by atoms with Crippen LogP contribution in [0, 0.1) is 6.92 Å². The molecular formula is C20H24N4O5S. The van der Waals surface area contributed by atoms with Gasteiger partial charge in [0.1, 0.15) is 12.2 Å². The van der Waals surface area contributed by atoms with E-state index in [9.17, 15) is 9.59 Å². The quantitative estimate of drug-likeness (QED) is 0.532. The number of hydrogen-bond donors (Lipinski definition) is 0. The van der Waals surface area contributed by atoms with E-state index in [2.05, 4.69) is 10.1 Å². The second kappa shape index (κ2) is 9.12. The van der Waals surface area contributed by atoms with Crippen molar-refractivity contribution in [3.63, 3.8) is 0 Å². The number of aryl methyl sites for hydroxylation is 2. The summed E-state index contributed by atoms with van der Waals surface area (Å²) in [6.07, 6.45) is 0. The van der Waals surface area contributed by atoms with Crippen molar-refractivity contribution in [1.82, 2.24) is 14.3 Å². The molecule has 0 atom stereocenters. The Morgan fingerprint density at radius 1 is 1.13 bits per heavy atom. The number of fused-ring (bicyclic) bond motifs is 1. The van der Waals surface area contributed by atoms with Gasteiger partial charge in [-0.25, -0.2) is 0 Å². The maximum absolute atomic E-state index is 12.9. The third kappa shape index (κ3) is 4.23. The van der Waals surface area contributed by atoms with E-state index in [1.807, 2.05) is 13.8 Å². The van der Waals surface area contributed by atoms with Gasteiger partial charge in [-0.15, -0.1) is 0 Å². The average molecular weight is 433 g/mol. The van der Waals surface area contributed by atoms with Crippen molar-refractivity contribution in [1.29, 1.82) is 0 Å². The molecule has 0 spiro atoms. The van der Waals surface area contributed by atoms with Crippen LogP contribution in [0.3, 0.4) is 0 Å². The van der Waals surface area contributed by atoms with Crippen LogP contribution in [0.15, 0.2) is 23.2 Å². The van der Waals surface area contributed by atoms with Crippen molar-refractivity contribution in [2.45, 2.75) is 33.9 Å². The summed E-state index contributed by atoms with van der Waals surface area (Å²) < 4.78 is 19.9. The number of ether oxygens (including phenoxy) is 3. The number of carbonyl (C=O) groups is 2. The van der Waals surface area contributed by atoms with Gasteiger partial charge in [0.05, 0.1) is 36.7 Å². The van der Waals surface area contributed by atoms with Gasteiger partial charge in [0.2, 0.25) is 0 Å². The molecule has 9 nitrogen and oxygen atoms in total. The zero-order valence-electron chi connectivity index (χ0n) is 17.6. The fourth-order valence-electron chi connectivity index (χ4n) is 3.07. The molecule has 30 heavy (non-hydrogen) atoms. The Morgan fingerprint density at radius 3 is 2.47 bits per heavy atom. The molecule has 2 heterocycles. The van der Waals surface area contributed by atoms with Gasteiger partial charge >= 0.3 is 5.97 Å². The summed E-state index contributed by atoms with van der Waals surface area (Å²) in [5.74, 6) is 0.209. The number of esters is 1. The van der Waals surface area contributed by atoms with Gasteiger partial charge in [-0.3, -0.25) is 14.3 Å². The van der Waals surface area contributed by atoms with Crippen LogP contribution in [0.25, 0.3) is 10.2 Å². The van der Waals surface area contributed by atoms with Gasteiger partial charge in [0.25, 0.3) is 5.91 Å². The molecule has 0 aliphatic rings. The van der Waals surface area contributed by atoms with Crippen LogP contribution in [0.1, 0.15) is 30.0 Å². The van der Waals surface area contributed by atoms with Gasteiger partial charge in [-0.1, -0.05) is 11.3 Å². The molecule has 3 rings (SSSR count). The van der Waals surface area contributed by atoms with Crippen LogP contribution in [0.5, 0.6) is 11.5 Å². The molecule has 0 N–H and O–H groups in total. The zero-order chi connectivity index (χ0) is 21.8. The molecule has 10 heteroatoms. The molecular weight excluding hydrogens is 408 g/mol. The molecule has 0 fully saturated rings. The molecule has 0 saturated carbocycles. The number of carbonyl (C=O) groups excluding carboxylic acids is 2. The minimum atomic E-state index is -0.430. The Labute approximate surface area is 177 Å². The van der Waals surface area contributed by atoms with Crippen molar-refractivity contribution in [3.8, 4) is 11.5 Å². The second-order valence-electron chi connectivity index (χ2n) is 6.35. The van der Waals surface area contributed by atoms with Crippen LogP contribution >= 0.6 is 11.3 Å². The van der Waals surface area contributed by atoms with Crippen molar-refractivity contribution >= 4 is 33.4 Å². The normalized spacial score (nSPS) is 11.7. The Hall–Kier alpha value is -3.14. The summed E-state index contributed by atoms with van der Waals surface area (Å²) in [6, 6.07) is 5.25. The van der Waals surface area contributed by atoms with Crippen LogP contribution in [0.4, 0.5) is 0 Å². The summed E-state index contributed by atoms with van der Waals surface area (Å²) in [6.45, 7) is 6.20. The van der Waals surface area contributed by atoms with Gasteiger partial charge in [-0.05, 0) is 26.8 Å². The molecule has 2 aromatic heterocycles. The predicted octanol–water partition coefficient (Wildman–Crippen LogP) is 2.55. The van der Waals surface area contributed by atoms with E-state index in [1.165, 1.54) is 18.4 Å². The Morgan fingerprint density at radius 2 is 1.83 bits per heavy atom. The van der Waals surface area contributed by atoms with Gasteiger partial charge in [-0.2, -0.15) is 10.1 Å². The number of hydrogen-bond acceptors (Lipinski definition) is 7. The average Bonchev–Trinajstić information content (AvgIpc) is 3.26. The third-order valence-electron chi connectivity index (χ3n) is 4.40. The molecule has 3 aromatic rings. The molecule has 0 radical (unpaired) electrons. The van der Waals surface area contributed by atoms with Crippen molar-refractivity contribution in [2.75, 3.05) is 20.8 Å². The topological polar surface area (TPSA) is 96.9 Å². The maximum Gasteiger partial charge on any atom is 0.326 e. The molecule has 1 aromatic carbocycles. The number of rotatable bonds is 7. The molecule has 0 aliphatic carbocycles. The largest absolute Gasteiger partial charge is 0.493 e. The highest BCUT2D eigenvalue weighted by molar-refractivity contribution is 7.16. The lowest BCUT2D eigenvalue weighted by atomic mass is 10.3. The first-order valence-corrected chi connectivity index (χ1v) is 10.3. The summed E-state index contributed by atoms with van der Waals surface area (Å²) in [7, 11) is 3.09. The molecule has 0 bridgehead atoms. The summed E-state index contributed by atoms with van der Waals surface area (Å²) >= 11 is 1.28. The van der Waals surface area contributed by atoms with Gasteiger partial charge in [0.15, 0.2) is 16.3 Å². The lowest BCUT2D eigenvalue weighted by Crippen LogP contribution is -2.23. The SMILES string of the molecule is CCOC(=O)Cn1c(=NC(=O)c2cc(C)nn2CC)sc2cc(OC)c(OC)cc21. The van der Waals surface area contributed by atoms with E-state index in [0.29, 0.717) is 34.1 Å². The van der Waals surface area contributed by atoms with Crippen LogP contribution in [-0.2, 0) is 22.6 Å². The minimum Gasteiger partial charge on any atom is -0.493 e. The second-order valence-corrected chi connectivity index (χ2v) is 7.36. The van der Waals surface area contributed by atoms with E-state index in [0.717, 1.165) is 10.4 Å². The third-order valence-corrected chi connectivity index (χ3v) is 5.44. The molecule has 1 amide bonds. The molecule has 0 saturated heterocycles. The standard InChI is InChI=1S/C20H24N4O5S/c1-6-24-14(8-12(3)22-24)19(26)21-20-23(11-18(25)29-7-2)13-9-15(27-4)16(28-5)10-17(13)30-20/h8-10H,6-7,11H2,1-5H3. The molecule has 0 aliphatic heterocycles. The summed E-state index contributed by atoms with van der Waals surface area (Å²) in [5, 5.41) is 4.30. The summed E-state index contributed by atoms with van der Waals surface area (Å²) in [4.78, 5) is 29.8. The smallest absolute Gasteiger partial charge is 0.326 e. The fourth-order valence-corrected chi connectivity index (χ4v) is 4.11. The van der Waals surface area contributed by atoms with E-state index in [-0.39, 0.29) is 13.2 Å². The molecule has 160 valence electrons. The number of thiazole rings is 1. The summed E-state index contributed by atoms with van der Waals surface area (Å²) in [5.41, 5.74) is 1.82. The Balaban J connectivity index is 2.19. The number of amides is 1.